The zero-order valence-electron chi connectivity index (χ0n) is 8.11. The number of aliphatic hydroxyl groups excluding tert-OH is 1. The van der Waals surface area contributed by atoms with Gasteiger partial charge >= 0.3 is 0 Å². The van der Waals surface area contributed by atoms with Gasteiger partial charge in [-0.05, 0) is 6.07 Å². The molecule has 1 heterocycles. The first-order valence-corrected chi connectivity index (χ1v) is 4.44. The second kappa shape index (κ2) is 5.36. The SMILES string of the molecule is O=C(NCC(O)C(F)F)c1ccc(=O)[nH]c1. The summed E-state index contributed by atoms with van der Waals surface area (Å²) in [5.74, 6) is -0.643. The first-order chi connectivity index (χ1) is 7.50. The van der Waals surface area contributed by atoms with E-state index in [4.69, 9.17) is 5.11 Å². The number of rotatable bonds is 4. The van der Waals surface area contributed by atoms with Crippen LogP contribution in [0.1, 0.15) is 10.4 Å². The molecule has 0 saturated carbocycles. The van der Waals surface area contributed by atoms with Gasteiger partial charge in [-0.2, -0.15) is 0 Å². The maximum atomic E-state index is 11.9. The van der Waals surface area contributed by atoms with Crippen molar-refractivity contribution in [3.63, 3.8) is 0 Å². The van der Waals surface area contributed by atoms with Crippen LogP contribution in [-0.2, 0) is 0 Å². The lowest BCUT2D eigenvalue weighted by Gasteiger charge is -2.10. The molecule has 0 saturated heterocycles. The second-order valence-corrected chi connectivity index (χ2v) is 3.05. The number of H-pyrrole nitrogens is 1. The van der Waals surface area contributed by atoms with Crippen LogP contribution in [0.5, 0.6) is 0 Å². The van der Waals surface area contributed by atoms with E-state index in [1.165, 1.54) is 6.07 Å². The minimum absolute atomic E-state index is 0.126. The van der Waals surface area contributed by atoms with Crippen LogP contribution in [0.2, 0.25) is 0 Å². The number of aliphatic hydroxyl groups is 1. The third-order valence-electron chi connectivity index (χ3n) is 1.81. The van der Waals surface area contributed by atoms with Gasteiger partial charge in [-0.3, -0.25) is 9.59 Å². The van der Waals surface area contributed by atoms with Gasteiger partial charge < -0.3 is 15.4 Å². The van der Waals surface area contributed by atoms with Crippen molar-refractivity contribution < 1.29 is 18.7 Å². The highest BCUT2D eigenvalue weighted by Crippen LogP contribution is 1.99. The number of hydrogen-bond acceptors (Lipinski definition) is 3. The van der Waals surface area contributed by atoms with Gasteiger partial charge in [0.2, 0.25) is 5.56 Å². The highest BCUT2D eigenvalue weighted by Gasteiger charge is 2.17. The van der Waals surface area contributed by atoms with E-state index in [2.05, 4.69) is 10.3 Å². The number of aromatic nitrogens is 1. The molecule has 5 nitrogen and oxygen atoms in total. The summed E-state index contributed by atoms with van der Waals surface area (Å²) in [4.78, 5) is 24.2. The van der Waals surface area contributed by atoms with Crippen LogP contribution in [0.25, 0.3) is 0 Å². The minimum atomic E-state index is -2.91. The van der Waals surface area contributed by atoms with Crippen LogP contribution in [0.4, 0.5) is 8.78 Å². The van der Waals surface area contributed by atoms with Crippen molar-refractivity contribution in [1.29, 1.82) is 0 Å². The fourth-order valence-electron chi connectivity index (χ4n) is 0.940. The molecule has 1 aromatic rings. The molecule has 88 valence electrons. The Morgan fingerprint density at radius 3 is 2.69 bits per heavy atom. The Labute approximate surface area is 89.1 Å². The number of halogens is 2. The lowest BCUT2D eigenvalue weighted by molar-refractivity contribution is -0.00270. The quantitative estimate of drug-likeness (QED) is 0.668. The number of alkyl halides is 2. The fraction of sp³-hybridized carbons (Fsp3) is 0.333. The molecule has 7 heteroatoms. The number of aromatic amines is 1. The Kier molecular flexibility index (Phi) is 4.12. The first kappa shape index (κ1) is 12.3. The average molecular weight is 232 g/mol. The zero-order chi connectivity index (χ0) is 12.1. The van der Waals surface area contributed by atoms with Crippen molar-refractivity contribution >= 4 is 5.91 Å². The van der Waals surface area contributed by atoms with E-state index in [0.717, 1.165) is 12.3 Å². The molecule has 0 aromatic carbocycles. The minimum Gasteiger partial charge on any atom is -0.385 e. The molecule has 0 radical (unpaired) electrons. The van der Waals surface area contributed by atoms with Crippen LogP contribution in [0, 0.1) is 0 Å². The molecule has 1 unspecified atom stereocenters. The van der Waals surface area contributed by atoms with Gasteiger partial charge in [0, 0.05) is 18.8 Å². The maximum Gasteiger partial charge on any atom is 0.265 e. The third kappa shape index (κ3) is 3.43. The summed E-state index contributed by atoms with van der Waals surface area (Å²) in [6.45, 7) is -0.546. The topological polar surface area (TPSA) is 82.2 Å². The molecule has 0 bridgehead atoms. The van der Waals surface area contributed by atoms with E-state index in [0.29, 0.717) is 0 Å². The summed E-state index contributed by atoms with van der Waals surface area (Å²) in [6, 6.07) is 2.39. The molecule has 0 aliphatic rings. The molecular weight excluding hydrogens is 222 g/mol. The lowest BCUT2D eigenvalue weighted by Crippen LogP contribution is -2.36. The lowest BCUT2D eigenvalue weighted by atomic mass is 10.2. The molecule has 16 heavy (non-hydrogen) atoms. The molecule has 0 aliphatic heterocycles. The van der Waals surface area contributed by atoms with Gasteiger partial charge in [0.1, 0.15) is 6.10 Å². The number of carbonyl (C=O) groups is 1. The first-order valence-electron chi connectivity index (χ1n) is 4.44. The third-order valence-corrected chi connectivity index (χ3v) is 1.81. The Bertz CT molecular complexity index is 399. The molecule has 3 N–H and O–H groups in total. The predicted molar refractivity (Wildman–Crippen MR) is 51.4 cm³/mol. The Morgan fingerprint density at radius 2 is 2.19 bits per heavy atom. The van der Waals surface area contributed by atoms with E-state index in [1.54, 1.807) is 0 Å². The van der Waals surface area contributed by atoms with Gasteiger partial charge in [-0.15, -0.1) is 0 Å². The summed E-state index contributed by atoms with van der Waals surface area (Å²) in [5, 5.41) is 10.9. The van der Waals surface area contributed by atoms with Gasteiger partial charge in [0.25, 0.3) is 12.3 Å². The molecule has 0 fully saturated rings. The summed E-state index contributed by atoms with van der Waals surface area (Å²) >= 11 is 0. The van der Waals surface area contributed by atoms with E-state index >= 15 is 0 Å². The highest BCUT2D eigenvalue weighted by molar-refractivity contribution is 5.93. The van der Waals surface area contributed by atoms with E-state index in [9.17, 15) is 18.4 Å². The Balaban J connectivity index is 2.53. The second-order valence-electron chi connectivity index (χ2n) is 3.05. The smallest absolute Gasteiger partial charge is 0.265 e. The number of hydrogen-bond donors (Lipinski definition) is 3. The van der Waals surface area contributed by atoms with Gasteiger partial charge in [-0.1, -0.05) is 0 Å². The summed E-state index contributed by atoms with van der Waals surface area (Å²) in [6.07, 6.45) is -3.64. The van der Waals surface area contributed by atoms with Gasteiger partial charge in [0.05, 0.1) is 5.56 Å². The molecular formula is C9H10F2N2O3. The van der Waals surface area contributed by atoms with Gasteiger partial charge in [0.15, 0.2) is 0 Å². The van der Waals surface area contributed by atoms with Gasteiger partial charge in [-0.25, -0.2) is 8.78 Å². The van der Waals surface area contributed by atoms with Crippen LogP contribution in [-0.4, -0.2) is 35.1 Å². The predicted octanol–water partition coefficient (Wildman–Crippen LogP) is -0.269. The van der Waals surface area contributed by atoms with Crippen molar-refractivity contribution in [1.82, 2.24) is 10.3 Å². The molecule has 0 aliphatic carbocycles. The largest absolute Gasteiger partial charge is 0.385 e. The summed E-state index contributed by atoms with van der Waals surface area (Å²) in [7, 11) is 0. The Morgan fingerprint density at radius 1 is 1.50 bits per heavy atom. The van der Waals surface area contributed by atoms with Crippen LogP contribution < -0.4 is 10.9 Å². The number of carbonyl (C=O) groups excluding carboxylic acids is 1. The van der Waals surface area contributed by atoms with Crippen molar-refractivity contribution in [3.05, 3.63) is 34.2 Å². The molecule has 1 rings (SSSR count). The zero-order valence-corrected chi connectivity index (χ0v) is 8.11. The van der Waals surface area contributed by atoms with Crippen molar-refractivity contribution in [2.24, 2.45) is 0 Å². The number of amides is 1. The van der Waals surface area contributed by atoms with Crippen molar-refractivity contribution in [2.75, 3.05) is 6.54 Å². The average Bonchev–Trinajstić information content (AvgIpc) is 2.26. The summed E-state index contributed by atoms with van der Waals surface area (Å²) in [5.41, 5.74) is -0.245. The molecule has 1 atom stereocenters. The van der Waals surface area contributed by atoms with E-state index < -0.39 is 25.0 Å². The Hall–Kier alpha value is -1.76. The monoisotopic (exact) mass is 232 g/mol. The molecule has 1 amide bonds. The highest BCUT2D eigenvalue weighted by atomic mass is 19.3. The number of nitrogens with one attached hydrogen (secondary N) is 2. The number of pyridine rings is 1. The van der Waals surface area contributed by atoms with E-state index in [1.807, 2.05) is 0 Å². The standard InChI is InChI=1S/C9H10F2N2O3/c10-8(11)6(14)4-13-9(16)5-1-2-7(15)12-3-5/h1-3,6,8,14H,4H2,(H,12,15)(H,13,16). The molecule has 1 aromatic heterocycles. The van der Waals surface area contributed by atoms with Crippen molar-refractivity contribution in [3.8, 4) is 0 Å². The van der Waals surface area contributed by atoms with Crippen LogP contribution >= 0.6 is 0 Å². The molecule has 0 spiro atoms. The fourth-order valence-corrected chi connectivity index (χ4v) is 0.940. The normalized spacial score (nSPS) is 12.5. The van der Waals surface area contributed by atoms with Crippen molar-refractivity contribution in [2.45, 2.75) is 12.5 Å². The van der Waals surface area contributed by atoms with E-state index in [-0.39, 0.29) is 11.1 Å². The summed E-state index contributed by atoms with van der Waals surface area (Å²) < 4.78 is 23.8. The van der Waals surface area contributed by atoms with Crippen LogP contribution in [0.3, 0.4) is 0 Å². The van der Waals surface area contributed by atoms with Crippen LogP contribution in [0.15, 0.2) is 23.1 Å². The maximum absolute atomic E-state index is 11.9.